The van der Waals surface area contributed by atoms with Gasteiger partial charge in [-0.1, -0.05) is 59.4 Å². The van der Waals surface area contributed by atoms with Crippen LogP contribution in [0.25, 0.3) is 34.6 Å². The van der Waals surface area contributed by atoms with E-state index >= 15 is 0 Å². The Morgan fingerprint density at radius 2 is 1.13 bits per heavy atom. The molecule has 0 atom stereocenters. The zero-order valence-electron chi connectivity index (χ0n) is 76.2. The van der Waals surface area contributed by atoms with E-state index in [0.717, 1.165) is 125 Å². The van der Waals surface area contributed by atoms with Crippen LogP contribution in [0.15, 0.2) is 234 Å². The molecule has 5 aromatic carbocycles. The number of ether oxygens (including phenoxy) is 2. The number of fused-ring (bicyclic) bond motifs is 3. The molecule has 0 saturated carbocycles. The molecule has 14 heterocycles. The van der Waals surface area contributed by atoms with Crippen LogP contribution in [-0.4, -0.2) is 248 Å². The van der Waals surface area contributed by atoms with Crippen molar-refractivity contribution < 1.29 is 88.6 Å². The summed E-state index contributed by atoms with van der Waals surface area (Å²) in [5.41, 5.74) is 20.5. The molecule has 1 amide bonds. The summed E-state index contributed by atoms with van der Waals surface area (Å²) in [6.45, 7) is 21.3. The number of rotatable bonds is 21. The van der Waals surface area contributed by atoms with Crippen molar-refractivity contribution in [2.75, 3.05) is 114 Å². The number of para-hydroxylation sites is 1. The molecule has 44 heteroatoms. The molecule has 0 saturated heterocycles. The van der Waals surface area contributed by atoms with Crippen molar-refractivity contribution >= 4 is 154 Å². The SMILES string of the molecule is CC1=Nn2c(nnc2-c2ccccn2)C1=Nc1ccc(N(C)C)s1.CCN(CC)c1ccc(N=C2N=C(n3nc(C)cc3C)N=C2c2cccc(C)c2)c(C)c1.COCCN(CCOC)c1ccc(N=C2C(C(=O)N(C)C)=Nn3c2nnc3-c2cnccn2)cc1.O.O.Oc1ccccc1C1=Nn2c(nnc2-c2ccccn2)C1=Nc1cc2c3c(c1)CCCN3CCC2.[Cl][Ni][Cl].[Cl][Ni][Cl].[Ni+2].[Ni]. The van der Waals surface area contributed by atoms with E-state index in [1.807, 2.05) is 126 Å². The molecule has 0 radical (unpaired) electrons. The molecular weight excluding hydrogens is 2020 g/mol. The Kier molecular flexibility index (Phi) is 39.4. The van der Waals surface area contributed by atoms with Gasteiger partial charge in [-0.3, -0.25) is 19.7 Å². The third kappa shape index (κ3) is 25.0. The van der Waals surface area contributed by atoms with E-state index in [1.54, 1.807) is 96.8 Å². The molecule has 0 unspecified atom stereocenters. The largest absolute Gasteiger partial charge is 2.00 e. The summed E-state index contributed by atoms with van der Waals surface area (Å²) >= 11 is 2.76. The molecule has 0 bridgehead atoms. The van der Waals surface area contributed by atoms with E-state index in [2.05, 4.69) is 168 Å². The zero-order valence-corrected chi connectivity index (χ0v) is 84.0. The number of benzene rings is 5. The number of thiophene rings is 1. The quantitative estimate of drug-likeness (QED) is 0.0653. The maximum atomic E-state index is 12.9. The van der Waals surface area contributed by atoms with E-state index in [9.17, 15) is 9.90 Å². The minimum atomic E-state index is -0.290. The van der Waals surface area contributed by atoms with Crippen LogP contribution in [0.5, 0.6) is 5.75 Å². The van der Waals surface area contributed by atoms with E-state index in [4.69, 9.17) is 85.3 Å². The Bertz CT molecular complexity index is 6540. The van der Waals surface area contributed by atoms with Gasteiger partial charge in [0.1, 0.15) is 56.4 Å². The second kappa shape index (κ2) is 50.4. The number of nitrogens with zero attached hydrogens (tertiary/aromatic N) is 29. The molecule has 5 N–H and O–H groups in total. The van der Waals surface area contributed by atoms with Crippen molar-refractivity contribution in [2.45, 2.75) is 74.1 Å². The molecule has 0 aliphatic carbocycles. The van der Waals surface area contributed by atoms with Gasteiger partial charge in [0, 0.05) is 157 Å². The van der Waals surface area contributed by atoms with Crippen LogP contribution in [0, 0.1) is 27.7 Å². The summed E-state index contributed by atoms with van der Waals surface area (Å²) in [5.74, 6) is 4.09. The van der Waals surface area contributed by atoms with Crippen molar-refractivity contribution in [3.05, 3.63) is 251 Å². The number of methoxy groups -OCH3 is 2. The average Bonchev–Trinajstić information content (AvgIpc) is 1.59. The number of hydrogen-bond donors (Lipinski definition) is 1. The summed E-state index contributed by atoms with van der Waals surface area (Å²) in [7, 11) is 29.5. The zero-order chi connectivity index (χ0) is 93.1. The third-order valence-electron chi connectivity index (χ3n) is 21.4. The molecule has 0 fully saturated rings. The first kappa shape index (κ1) is 106. The molecule has 0 spiro atoms. The number of pyridine rings is 2. The first-order chi connectivity index (χ1) is 64.1. The van der Waals surface area contributed by atoms with Crippen molar-refractivity contribution in [1.29, 1.82) is 0 Å². The number of aromatic hydroxyl groups is 1. The van der Waals surface area contributed by atoms with Crippen molar-refractivity contribution in [3.8, 4) is 40.3 Å². The number of amidine groups is 1. The Balaban J connectivity index is 0.000000183. The predicted molar refractivity (Wildman–Crippen MR) is 527 cm³/mol. The van der Waals surface area contributed by atoms with Gasteiger partial charge in [0.05, 0.1) is 52.9 Å². The van der Waals surface area contributed by atoms with Crippen LogP contribution < -0.4 is 19.6 Å². The van der Waals surface area contributed by atoms with Gasteiger partial charge in [-0.2, -0.15) is 39.4 Å². The second-order valence-corrected chi connectivity index (χ2v) is 35.0. The summed E-state index contributed by atoms with van der Waals surface area (Å²) in [6.07, 6.45) is 12.6. The maximum absolute atomic E-state index is 12.9. The summed E-state index contributed by atoms with van der Waals surface area (Å²) in [4.78, 5) is 69.7. The predicted octanol–water partition coefficient (Wildman–Crippen LogP) is 14.7. The molecule has 6 aliphatic rings. The van der Waals surface area contributed by atoms with Gasteiger partial charge < -0.3 is 50.0 Å². The first-order valence-electron chi connectivity index (χ1n) is 42.0. The number of phenolic OH excluding ortho intramolecular Hbond substituents is 1. The van der Waals surface area contributed by atoms with Crippen LogP contribution in [0.2, 0.25) is 0 Å². The van der Waals surface area contributed by atoms with Crippen molar-refractivity contribution in [2.24, 2.45) is 45.3 Å². The summed E-state index contributed by atoms with van der Waals surface area (Å²) in [5, 5.41) is 56.9. The second-order valence-electron chi connectivity index (χ2n) is 30.7. The van der Waals surface area contributed by atoms with Gasteiger partial charge in [-0.05, 0) is 206 Å². The fraction of sp³-hybridized carbons (Fsp3) is 0.272. The minimum Gasteiger partial charge on any atom is 0 e. The summed E-state index contributed by atoms with van der Waals surface area (Å²) in [6, 6.07) is 51.4. The monoisotopic (exact) mass is 2110 g/mol. The van der Waals surface area contributed by atoms with Crippen LogP contribution in [0.4, 0.5) is 44.1 Å². The third-order valence-corrected chi connectivity index (χ3v) is 22.5. The van der Waals surface area contributed by atoms with Gasteiger partial charge in [0.25, 0.3) is 11.9 Å². The van der Waals surface area contributed by atoms with Crippen LogP contribution in [0.3, 0.4) is 0 Å². The Morgan fingerprint density at radius 3 is 1.68 bits per heavy atom. The van der Waals surface area contributed by atoms with Gasteiger partial charge in [0.15, 0.2) is 11.5 Å². The number of phenols is 1. The molecule has 19 rings (SSSR count). The fourth-order valence-electron chi connectivity index (χ4n) is 15.2. The van der Waals surface area contributed by atoms with Crippen LogP contribution in [-0.2, 0) is 85.4 Å². The number of carbonyl (C=O) groups is 1. The van der Waals surface area contributed by atoms with Crippen LogP contribution in [0.1, 0.15) is 95.9 Å². The van der Waals surface area contributed by atoms with Gasteiger partial charge in [-0.15, -0.1) is 30.6 Å². The number of aromatic nitrogens is 15. The fourth-order valence-corrected chi connectivity index (χ4v) is 16.0. The topological polar surface area (TPSA) is 408 Å². The average molecular weight is 2120 g/mol. The molecule has 8 aromatic heterocycles. The number of anilines is 4. The molecule has 13 aromatic rings. The van der Waals surface area contributed by atoms with Gasteiger partial charge in [-0.25, -0.2) is 34.6 Å². The Labute approximate surface area is 840 Å². The van der Waals surface area contributed by atoms with E-state index < -0.39 is 0 Å². The van der Waals surface area contributed by atoms with E-state index in [-0.39, 0.29) is 61.3 Å². The van der Waals surface area contributed by atoms with Gasteiger partial charge in [0.2, 0.25) is 34.9 Å². The van der Waals surface area contributed by atoms with Crippen molar-refractivity contribution in [3.63, 3.8) is 0 Å². The van der Waals surface area contributed by atoms with E-state index in [0.29, 0.717) is 125 Å². The molecule has 720 valence electrons. The van der Waals surface area contributed by atoms with Crippen molar-refractivity contribution in [1.82, 2.24) is 79.2 Å². The number of halogens is 4. The van der Waals surface area contributed by atoms with Crippen LogP contribution >= 0.6 is 52.1 Å². The standard InChI is InChI=1S/C27H23N7O.C26H30N6.C23H27N9O3.C16H15N7S.4ClH.4Ni.2H2O/c35-22-11-2-1-9-20(22)23-24(27-31-30-26(34(27)32-23)21-10-3-4-12-28-21)29-19-15-17-7-5-13-33-14-6-8-18(16-19)25(17)33;1-7-31(8-2)22-12-13-23(18(4)15-22)27-25-24(21-11-9-10-17(3)14-21)28-26(29-25)32-20(6)16-19(5)30-32;1-30(2)23(33)20-19(22-28-27-21(32(22)29-20)18-15-24-9-10-25-18)26-16-5-7-17(8-6-16)31(11-13-34-3)12-14-35-4;1-10-14(18-12-7-8-13(24-12)22(2)3)16-20-19-15(23(16)21-10)11-6-4-5-9-17-11;;;;;;;;;;/h1-4,9-12,15-16,35H,5-8,13-14H2;9-16H,7-8H2,1-6H3;5-10,15H,11-14H2,1-4H3;4-9H,1-3H3;4*1H;;;;;2*1H2/q;;;;;;;;;3*+2;;/p-4. The number of hydrogen-bond acceptors (Lipinski definition) is 28. The molecule has 136 heavy (non-hydrogen) atoms. The number of carbonyl (C=O) groups excluding carboxylic acids is 1. The normalized spacial score (nSPS) is 14.3. The molecular formula is C92H99Cl4N29Ni4O6S+2. The molecule has 35 nitrogen and oxygen atoms in total. The smallest absolute Gasteiger partial charge is 0 e. The number of aliphatic imine (C=N–C) groups is 6. The summed E-state index contributed by atoms with van der Waals surface area (Å²) < 4.78 is 17.1. The van der Waals surface area contributed by atoms with E-state index in [1.165, 1.54) is 50.5 Å². The Morgan fingerprint density at radius 1 is 0.559 bits per heavy atom. The number of amides is 1. The molecule has 6 aliphatic heterocycles. The first-order valence-corrected chi connectivity index (χ1v) is 48.3. The van der Waals surface area contributed by atoms with Gasteiger partial charge >= 0.3 is 82.6 Å². The maximum Gasteiger partial charge on any atom is 2.00 e. The minimum absolute atomic E-state index is 0. The Hall–Kier alpha value is -11.7. The number of aryl methyl sites for hydroxylation is 6.